The Morgan fingerprint density at radius 1 is 1.46 bits per heavy atom. The summed E-state index contributed by atoms with van der Waals surface area (Å²) in [5.74, 6) is 0. The van der Waals surface area contributed by atoms with Gasteiger partial charge in [-0.3, -0.25) is 4.68 Å². The Morgan fingerprint density at radius 2 is 2.23 bits per heavy atom. The topological polar surface area (TPSA) is 17.8 Å². The summed E-state index contributed by atoms with van der Waals surface area (Å²) in [5.41, 5.74) is 2.26. The van der Waals surface area contributed by atoms with Crippen molar-refractivity contribution < 1.29 is 0 Å². The molecule has 0 aliphatic rings. The van der Waals surface area contributed by atoms with E-state index in [9.17, 15) is 0 Å². The Bertz CT molecular complexity index is 440. The van der Waals surface area contributed by atoms with E-state index >= 15 is 0 Å². The fraction of sp³-hybridized carbons (Fsp3) is 0.182. The molecule has 13 heavy (non-hydrogen) atoms. The molecule has 0 aliphatic carbocycles. The Labute approximate surface area is 77.5 Å². The van der Waals surface area contributed by atoms with Crippen LogP contribution >= 0.6 is 0 Å². The number of aromatic nitrogens is 2. The van der Waals surface area contributed by atoms with Crippen LogP contribution in [0.25, 0.3) is 10.9 Å². The molecule has 0 atom stereocenters. The van der Waals surface area contributed by atoms with Crippen molar-refractivity contribution in [1.82, 2.24) is 9.78 Å². The molecule has 1 aromatic heterocycles. The maximum atomic E-state index is 4.42. The molecular weight excluding hydrogens is 160 g/mol. The van der Waals surface area contributed by atoms with Gasteiger partial charge in [-0.25, -0.2) is 0 Å². The van der Waals surface area contributed by atoms with Crippen LogP contribution < -0.4 is 0 Å². The highest BCUT2D eigenvalue weighted by molar-refractivity contribution is 5.81. The van der Waals surface area contributed by atoms with Crippen molar-refractivity contribution in [1.29, 1.82) is 0 Å². The summed E-state index contributed by atoms with van der Waals surface area (Å²) in [5, 5.41) is 5.65. The number of fused-ring (bicyclic) bond motifs is 1. The van der Waals surface area contributed by atoms with Gasteiger partial charge in [-0.15, -0.1) is 6.58 Å². The fourth-order valence-corrected chi connectivity index (χ4v) is 1.55. The first-order chi connectivity index (χ1) is 6.33. The Kier molecular flexibility index (Phi) is 1.89. The van der Waals surface area contributed by atoms with Gasteiger partial charge in [0.05, 0.1) is 17.8 Å². The van der Waals surface area contributed by atoms with Crippen LogP contribution in [0.5, 0.6) is 0 Å². The van der Waals surface area contributed by atoms with Gasteiger partial charge in [0.25, 0.3) is 0 Å². The van der Waals surface area contributed by atoms with Crippen LogP contribution in [-0.4, -0.2) is 9.78 Å². The molecule has 0 spiro atoms. The molecule has 2 rings (SSSR count). The summed E-state index contributed by atoms with van der Waals surface area (Å²) >= 11 is 0. The number of hydrogen-bond acceptors (Lipinski definition) is 1. The molecule has 0 radical (unpaired) electrons. The first-order valence-corrected chi connectivity index (χ1v) is 4.36. The number of hydrogen-bond donors (Lipinski definition) is 0. The molecule has 2 nitrogen and oxygen atoms in total. The van der Waals surface area contributed by atoms with Crippen LogP contribution in [0.3, 0.4) is 0 Å². The number of nitrogens with zero attached hydrogens (tertiary/aromatic N) is 2. The second-order valence-electron chi connectivity index (χ2n) is 3.07. The molecule has 1 aromatic carbocycles. The van der Waals surface area contributed by atoms with E-state index < -0.39 is 0 Å². The molecule has 0 N–H and O–H groups in total. The Balaban J connectivity index is 2.70. The van der Waals surface area contributed by atoms with Crippen LogP contribution in [-0.2, 0) is 6.54 Å². The van der Waals surface area contributed by atoms with E-state index in [4.69, 9.17) is 0 Å². The second-order valence-corrected chi connectivity index (χ2v) is 3.07. The minimum atomic E-state index is 0.772. The van der Waals surface area contributed by atoms with Gasteiger partial charge in [0, 0.05) is 5.39 Å². The van der Waals surface area contributed by atoms with E-state index in [2.05, 4.69) is 23.8 Å². The van der Waals surface area contributed by atoms with Crippen molar-refractivity contribution >= 4 is 10.9 Å². The molecule has 0 aliphatic heterocycles. The van der Waals surface area contributed by atoms with Crippen LogP contribution in [0, 0.1) is 6.92 Å². The normalized spacial score (nSPS) is 10.5. The van der Waals surface area contributed by atoms with Gasteiger partial charge in [-0.2, -0.15) is 5.10 Å². The van der Waals surface area contributed by atoms with E-state index in [1.165, 1.54) is 10.9 Å². The highest BCUT2D eigenvalue weighted by Gasteiger charge is 2.03. The van der Waals surface area contributed by atoms with Gasteiger partial charge in [0.2, 0.25) is 0 Å². The zero-order valence-corrected chi connectivity index (χ0v) is 7.70. The summed E-state index contributed by atoms with van der Waals surface area (Å²) < 4.78 is 1.97. The highest BCUT2D eigenvalue weighted by atomic mass is 15.3. The lowest BCUT2D eigenvalue weighted by Crippen LogP contribution is -1.96. The Hall–Kier alpha value is -1.57. The number of rotatable bonds is 2. The quantitative estimate of drug-likeness (QED) is 0.636. The molecule has 0 unspecified atom stereocenters. The first kappa shape index (κ1) is 8.05. The van der Waals surface area contributed by atoms with Gasteiger partial charge >= 0.3 is 0 Å². The fourth-order valence-electron chi connectivity index (χ4n) is 1.55. The molecular formula is C11H12N2. The van der Waals surface area contributed by atoms with E-state index in [0.29, 0.717) is 0 Å². The van der Waals surface area contributed by atoms with E-state index in [0.717, 1.165) is 12.2 Å². The van der Waals surface area contributed by atoms with Gasteiger partial charge in [-0.1, -0.05) is 24.3 Å². The molecule has 66 valence electrons. The number of benzene rings is 1. The number of para-hydroxylation sites is 1. The summed E-state index contributed by atoms with van der Waals surface area (Å²) in [6.45, 7) is 6.51. The van der Waals surface area contributed by atoms with Crippen molar-refractivity contribution in [2.45, 2.75) is 13.5 Å². The van der Waals surface area contributed by atoms with Crippen LogP contribution in [0.1, 0.15) is 5.69 Å². The van der Waals surface area contributed by atoms with Gasteiger partial charge < -0.3 is 0 Å². The summed E-state index contributed by atoms with van der Waals surface area (Å²) in [7, 11) is 0. The highest BCUT2D eigenvalue weighted by Crippen LogP contribution is 2.16. The molecule has 0 saturated heterocycles. The maximum absolute atomic E-state index is 4.42. The average molecular weight is 172 g/mol. The van der Waals surface area contributed by atoms with E-state index in [1.54, 1.807) is 0 Å². The lowest BCUT2D eigenvalue weighted by atomic mass is 10.2. The van der Waals surface area contributed by atoms with Crippen molar-refractivity contribution in [2.24, 2.45) is 0 Å². The van der Waals surface area contributed by atoms with Crippen LogP contribution in [0.15, 0.2) is 36.9 Å². The minimum Gasteiger partial charge on any atom is -0.261 e. The van der Waals surface area contributed by atoms with Gasteiger partial charge in [0.1, 0.15) is 0 Å². The largest absolute Gasteiger partial charge is 0.261 e. The second kappa shape index (κ2) is 3.05. The molecule has 0 fully saturated rings. The third-order valence-electron chi connectivity index (χ3n) is 2.14. The monoisotopic (exact) mass is 172 g/mol. The predicted molar refractivity (Wildman–Crippen MR) is 54.7 cm³/mol. The third-order valence-corrected chi connectivity index (χ3v) is 2.14. The standard InChI is InChI=1S/C11H12N2/c1-3-8-13-11-7-5-4-6-10(11)9(2)12-13/h3-7H,1,8H2,2H3. The van der Waals surface area contributed by atoms with Crippen molar-refractivity contribution in [3.63, 3.8) is 0 Å². The van der Waals surface area contributed by atoms with Gasteiger partial charge in [0.15, 0.2) is 0 Å². The molecule has 1 heterocycles. The molecule has 0 bridgehead atoms. The lowest BCUT2D eigenvalue weighted by molar-refractivity contribution is 0.719. The van der Waals surface area contributed by atoms with E-state index in [-0.39, 0.29) is 0 Å². The lowest BCUT2D eigenvalue weighted by Gasteiger charge is -1.96. The maximum Gasteiger partial charge on any atom is 0.0688 e. The zero-order chi connectivity index (χ0) is 9.26. The van der Waals surface area contributed by atoms with Gasteiger partial charge in [-0.05, 0) is 13.0 Å². The van der Waals surface area contributed by atoms with Crippen molar-refractivity contribution in [3.05, 3.63) is 42.6 Å². The minimum absolute atomic E-state index is 0.772. The smallest absolute Gasteiger partial charge is 0.0688 e. The van der Waals surface area contributed by atoms with E-state index in [1.807, 2.05) is 29.8 Å². The average Bonchev–Trinajstić information content (AvgIpc) is 2.46. The number of aryl methyl sites for hydroxylation is 1. The molecule has 2 aromatic rings. The van der Waals surface area contributed by atoms with Crippen LogP contribution in [0.4, 0.5) is 0 Å². The van der Waals surface area contributed by atoms with Crippen molar-refractivity contribution in [3.8, 4) is 0 Å². The summed E-state index contributed by atoms with van der Waals surface area (Å²) in [6.07, 6.45) is 1.86. The molecule has 2 heteroatoms. The zero-order valence-electron chi connectivity index (χ0n) is 7.70. The first-order valence-electron chi connectivity index (χ1n) is 4.36. The SMILES string of the molecule is C=CCn1nc(C)c2ccccc21. The third kappa shape index (κ3) is 1.24. The number of allylic oxidation sites excluding steroid dienone is 1. The van der Waals surface area contributed by atoms with Crippen LogP contribution in [0.2, 0.25) is 0 Å². The molecule has 0 saturated carbocycles. The summed E-state index contributed by atoms with van der Waals surface area (Å²) in [6, 6.07) is 8.24. The predicted octanol–water partition coefficient (Wildman–Crippen LogP) is 2.53. The van der Waals surface area contributed by atoms with Crippen molar-refractivity contribution in [2.75, 3.05) is 0 Å². The summed E-state index contributed by atoms with van der Waals surface area (Å²) in [4.78, 5) is 0. The Morgan fingerprint density at radius 3 is 3.00 bits per heavy atom. The molecule has 0 amide bonds.